The maximum atomic E-state index is 13.3. The van der Waals surface area contributed by atoms with E-state index in [1.807, 2.05) is 18.2 Å². The van der Waals surface area contributed by atoms with Gasteiger partial charge in [0.05, 0.1) is 0 Å². The molecule has 0 aliphatic rings. The first-order valence-corrected chi connectivity index (χ1v) is 5.71. The molecule has 0 aromatic heterocycles. The van der Waals surface area contributed by atoms with Gasteiger partial charge in [0, 0.05) is 16.1 Å². The van der Waals surface area contributed by atoms with Gasteiger partial charge in [0.15, 0.2) is 0 Å². The molecule has 0 saturated heterocycles. The molecule has 0 unspecified atom stereocenters. The third-order valence-corrected chi connectivity index (χ3v) is 2.75. The third-order valence-electron chi connectivity index (χ3n) is 2.42. The smallest absolute Gasteiger partial charge is 0.148 e. The number of benzene rings is 2. The molecule has 0 spiro atoms. The molecule has 0 saturated carbocycles. The van der Waals surface area contributed by atoms with Crippen LogP contribution in [0.3, 0.4) is 0 Å². The van der Waals surface area contributed by atoms with Crippen LogP contribution in [0.1, 0.15) is 0 Å². The van der Waals surface area contributed by atoms with Crippen LogP contribution >= 0.6 is 11.6 Å². The van der Waals surface area contributed by atoms with Gasteiger partial charge in [0.1, 0.15) is 18.2 Å². The lowest BCUT2D eigenvalue weighted by atomic mass is 10.0. The summed E-state index contributed by atoms with van der Waals surface area (Å²) in [5, 5.41) is 0.466. The molecular formula is C15H10ClFO. The van der Waals surface area contributed by atoms with Gasteiger partial charge in [-0.05, 0) is 24.3 Å². The van der Waals surface area contributed by atoms with Crippen LogP contribution in [0.2, 0.25) is 5.02 Å². The molecule has 1 nitrogen and oxygen atoms in total. The van der Waals surface area contributed by atoms with Gasteiger partial charge in [-0.25, -0.2) is 4.39 Å². The Morgan fingerprint density at radius 2 is 1.94 bits per heavy atom. The SMILES string of the molecule is C#CCOc1ccccc1-c1cc(F)ccc1Cl. The van der Waals surface area contributed by atoms with Crippen molar-refractivity contribution in [3.63, 3.8) is 0 Å². The van der Waals surface area contributed by atoms with Crippen LogP contribution in [0.4, 0.5) is 4.39 Å². The second-order valence-electron chi connectivity index (χ2n) is 3.61. The number of halogens is 2. The minimum absolute atomic E-state index is 0.157. The van der Waals surface area contributed by atoms with Gasteiger partial charge >= 0.3 is 0 Å². The minimum atomic E-state index is -0.346. The topological polar surface area (TPSA) is 9.23 Å². The van der Waals surface area contributed by atoms with E-state index in [0.717, 1.165) is 5.56 Å². The fraction of sp³-hybridized carbons (Fsp3) is 0.0667. The molecular weight excluding hydrogens is 251 g/mol. The second kappa shape index (κ2) is 5.57. The minimum Gasteiger partial charge on any atom is -0.480 e. The molecule has 0 radical (unpaired) electrons. The number of terminal acetylenes is 1. The Balaban J connectivity index is 2.50. The van der Waals surface area contributed by atoms with Gasteiger partial charge in [-0.3, -0.25) is 0 Å². The number of hydrogen-bond donors (Lipinski definition) is 0. The molecule has 2 rings (SSSR count). The molecule has 3 heteroatoms. The molecule has 90 valence electrons. The first kappa shape index (κ1) is 12.5. The maximum absolute atomic E-state index is 13.3. The summed E-state index contributed by atoms with van der Waals surface area (Å²) < 4.78 is 18.7. The zero-order valence-corrected chi connectivity index (χ0v) is 10.2. The summed E-state index contributed by atoms with van der Waals surface area (Å²) in [5.41, 5.74) is 1.31. The Morgan fingerprint density at radius 1 is 1.17 bits per heavy atom. The van der Waals surface area contributed by atoms with Crippen molar-refractivity contribution in [2.45, 2.75) is 0 Å². The average Bonchev–Trinajstić information content (AvgIpc) is 2.39. The Bertz CT molecular complexity index is 602. The van der Waals surface area contributed by atoms with Crippen LogP contribution in [-0.4, -0.2) is 6.61 Å². The van der Waals surface area contributed by atoms with E-state index in [9.17, 15) is 4.39 Å². The van der Waals surface area contributed by atoms with E-state index in [1.54, 1.807) is 6.07 Å². The third kappa shape index (κ3) is 2.64. The molecule has 2 aromatic carbocycles. The summed E-state index contributed by atoms with van der Waals surface area (Å²) in [6.45, 7) is 0.157. The lowest BCUT2D eigenvalue weighted by molar-refractivity contribution is 0.372. The number of ether oxygens (including phenoxy) is 1. The van der Waals surface area contributed by atoms with Gasteiger partial charge in [-0.2, -0.15) is 0 Å². The van der Waals surface area contributed by atoms with Gasteiger partial charge in [-0.15, -0.1) is 6.42 Å². The molecule has 0 heterocycles. The first-order valence-electron chi connectivity index (χ1n) is 5.33. The van der Waals surface area contributed by atoms with Crippen molar-refractivity contribution in [2.75, 3.05) is 6.61 Å². The predicted molar refractivity (Wildman–Crippen MR) is 71.2 cm³/mol. The maximum Gasteiger partial charge on any atom is 0.148 e. The van der Waals surface area contributed by atoms with Gasteiger partial charge in [-0.1, -0.05) is 35.7 Å². The number of rotatable bonds is 3. The highest BCUT2D eigenvalue weighted by molar-refractivity contribution is 6.33. The van der Waals surface area contributed by atoms with Crippen molar-refractivity contribution in [3.05, 3.63) is 53.3 Å². The van der Waals surface area contributed by atoms with Crippen LogP contribution in [0.15, 0.2) is 42.5 Å². The monoisotopic (exact) mass is 260 g/mol. The van der Waals surface area contributed by atoms with Crippen LogP contribution in [0.25, 0.3) is 11.1 Å². The molecule has 0 N–H and O–H groups in total. The largest absolute Gasteiger partial charge is 0.480 e. The molecule has 18 heavy (non-hydrogen) atoms. The molecule has 0 bridgehead atoms. The Hall–Kier alpha value is -1.98. The van der Waals surface area contributed by atoms with E-state index in [-0.39, 0.29) is 12.4 Å². The highest BCUT2D eigenvalue weighted by Crippen LogP contribution is 2.35. The Morgan fingerprint density at radius 3 is 2.72 bits per heavy atom. The fourth-order valence-corrected chi connectivity index (χ4v) is 1.86. The van der Waals surface area contributed by atoms with Crippen molar-refractivity contribution >= 4 is 11.6 Å². The van der Waals surface area contributed by atoms with Crippen molar-refractivity contribution < 1.29 is 9.13 Å². The zero-order chi connectivity index (χ0) is 13.0. The number of hydrogen-bond acceptors (Lipinski definition) is 1. The van der Waals surface area contributed by atoms with E-state index in [4.69, 9.17) is 22.8 Å². The summed E-state index contributed by atoms with van der Waals surface area (Å²) in [5.74, 6) is 2.63. The number of para-hydroxylation sites is 1. The van der Waals surface area contributed by atoms with Gasteiger partial charge in [0.25, 0.3) is 0 Å². The normalized spacial score (nSPS) is 9.83. The lowest BCUT2D eigenvalue weighted by Gasteiger charge is -2.11. The van der Waals surface area contributed by atoms with E-state index < -0.39 is 0 Å². The van der Waals surface area contributed by atoms with Crippen molar-refractivity contribution in [1.29, 1.82) is 0 Å². The van der Waals surface area contributed by atoms with E-state index in [1.165, 1.54) is 18.2 Å². The van der Waals surface area contributed by atoms with Crippen LogP contribution in [-0.2, 0) is 0 Å². The van der Waals surface area contributed by atoms with Crippen LogP contribution in [0, 0.1) is 18.2 Å². The van der Waals surface area contributed by atoms with E-state index >= 15 is 0 Å². The molecule has 2 aromatic rings. The zero-order valence-electron chi connectivity index (χ0n) is 9.49. The predicted octanol–water partition coefficient (Wildman–Crippen LogP) is 4.16. The summed E-state index contributed by atoms with van der Waals surface area (Å²) in [7, 11) is 0. The summed E-state index contributed by atoms with van der Waals surface area (Å²) in [6, 6.07) is 11.4. The average molecular weight is 261 g/mol. The highest BCUT2D eigenvalue weighted by Gasteiger charge is 2.10. The standard InChI is InChI=1S/C15H10ClFO/c1-2-9-18-15-6-4-3-5-12(15)13-10-11(17)7-8-14(13)16/h1,3-8,10H,9H2. The molecule has 0 atom stereocenters. The van der Waals surface area contributed by atoms with E-state index in [2.05, 4.69) is 5.92 Å². The quantitative estimate of drug-likeness (QED) is 0.753. The van der Waals surface area contributed by atoms with Crippen LogP contribution in [0.5, 0.6) is 5.75 Å². The summed E-state index contributed by atoms with van der Waals surface area (Å²) in [4.78, 5) is 0. The molecule has 0 aliphatic carbocycles. The second-order valence-corrected chi connectivity index (χ2v) is 4.02. The fourth-order valence-electron chi connectivity index (χ4n) is 1.64. The van der Waals surface area contributed by atoms with Gasteiger partial charge < -0.3 is 4.74 Å². The van der Waals surface area contributed by atoms with Crippen molar-refractivity contribution in [1.82, 2.24) is 0 Å². The first-order chi connectivity index (χ1) is 8.72. The van der Waals surface area contributed by atoms with E-state index in [0.29, 0.717) is 16.3 Å². The lowest BCUT2D eigenvalue weighted by Crippen LogP contribution is -1.96. The highest BCUT2D eigenvalue weighted by atomic mass is 35.5. The molecule has 0 aliphatic heterocycles. The molecule has 0 fully saturated rings. The summed E-state index contributed by atoms with van der Waals surface area (Å²) in [6.07, 6.45) is 5.16. The van der Waals surface area contributed by atoms with Crippen LogP contribution < -0.4 is 4.74 Å². The van der Waals surface area contributed by atoms with Crippen molar-refractivity contribution in [2.24, 2.45) is 0 Å². The Kier molecular flexibility index (Phi) is 3.86. The van der Waals surface area contributed by atoms with Gasteiger partial charge in [0.2, 0.25) is 0 Å². The van der Waals surface area contributed by atoms with Crippen molar-refractivity contribution in [3.8, 4) is 29.2 Å². The summed E-state index contributed by atoms with van der Waals surface area (Å²) >= 11 is 6.07. The molecule has 0 amide bonds. The Labute approximate surface area is 110 Å².